The van der Waals surface area contributed by atoms with Gasteiger partial charge in [0.15, 0.2) is 5.69 Å². The van der Waals surface area contributed by atoms with Gasteiger partial charge in [-0.25, -0.2) is 4.98 Å². The number of methoxy groups -OCH3 is 1. The Morgan fingerprint density at radius 3 is 2.75 bits per heavy atom. The molecule has 2 aromatic heterocycles. The second-order valence-electron chi connectivity index (χ2n) is 4.41. The molecule has 0 saturated heterocycles. The molecular formula is C14H12N4OS. The van der Waals surface area contributed by atoms with E-state index in [1.807, 2.05) is 31.2 Å². The summed E-state index contributed by atoms with van der Waals surface area (Å²) >= 11 is 1.43. The fourth-order valence-electron chi connectivity index (χ4n) is 1.98. The molecule has 2 heterocycles. The van der Waals surface area contributed by atoms with Crippen LogP contribution in [0.3, 0.4) is 0 Å². The van der Waals surface area contributed by atoms with Crippen LogP contribution in [0.25, 0.3) is 16.2 Å². The van der Waals surface area contributed by atoms with E-state index in [0.29, 0.717) is 23.0 Å². The summed E-state index contributed by atoms with van der Waals surface area (Å²) in [6, 6.07) is 10.1. The number of rotatable bonds is 3. The summed E-state index contributed by atoms with van der Waals surface area (Å²) in [5.41, 5.74) is 3.24. The third kappa shape index (κ3) is 2.07. The third-order valence-corrected chi connectivity index (χ3v) is 3.83. The van der Waals surface area contributed by atoms with Gasteiger partial charge in [-0.15, -0.1) is 0 Å². The molecule has 0 atom stereocenters. The lowest BCUT2D eigenvalue weighted by molar-refractivity contribution is 0.183. The first kappa shape index (κ1) is 12.8. The number of fused-ring (bicyclic) bond motifs is 1. The molecule has 0 bridgehead atoms. The van der Waals surface area contributed by atoms with Gasteiger partial charge in [-0.05, 0) is 6.92 Å². The highest BCUT2D eigenvalue weighted by molar-refractivity contribution is 7.16. The minimum atomic E-state index is 0.429. The van der Waals surface area contributed by atoms with Crippen molar-refractivity contribution in [2.45, 2.75) is 13.5 Å². The summed E-state index contributed by atoms with van der Waals surface area (Å²) < 4.78 is 6.64. The Hall–Kier alpha value is -2.23. The first-order chi connectivity index (χ1) is 9.72. The molecule has 0 fully saturated rings. The van der Waals surface area contributed by atoms with Gasteiger partial charge in [-0.1, -0.05) is 41.2 Å². The molecule has 0 radical (unpaired) electrons. The van der Waals surface area contributed by atoms with E-state index in [0.717, 1.165) is 10.6 Å². The SMILES string of the molecule is COCc1nn2c(C#N)c(-c3ccc(C)cc3)nc2s1. The molecular weight excluding hydrogens is 272 g/mol. The van der Waals surface area contributed by atoms with Gasteiger partial charge in [0, 0.05) is 12.7 Å². The van der Waals surface area contributed by atoms with Crippen molar-refractivity contribution in [2.75, 3.05) is 7.11 Å². The molecule has 0 unspecified atom stereocenters. The van der Waals surface area contributed by atoms with Gasteiger partial charge >= 0.3 is 0 Å². The van der Waals surface area contributed by atoms with Crippen LogP contribution in [0.1, 0.15) is 16.3 Å². The fourth-order valence-corrected chi connectivity index (χ4v) is 2.85. The number of ether oxygens (including phenoxy) is 1. The number of hydrogen-bond donors (Lipinski definition) is 0. The summed E-state index contributed by atoms with van der Waals surface area (Å²) in [5.74, 6) is 0. The zero-order valence-electron chi connectivity index (χ0n) is 11.1. The zero-order chi connectivity index (χ0) is 14.1. The highest BCUT2D eigenvalue weighted by Gasteiger charge is 2.17. The molecule has 3 rings (SSSR count). The zero-order valence-corrected chi connectivity index (χ0v) is 11.9. The molecule has 3 aromatic rings. The van der Waals surface area contributed by atoms with Crippen LogP contribution >= 0.6 is 11.3 Å². The highest BCUT2D eigenvalue weighted by atomic mass is 32.1. The molecule has 0 aliphatic carbocycles. The third-order valence-electron chi connectivity index (χ3n) is 2.94. The number of benzene rings is 1. The van der Waals surface area contributed by atoms with Crippen LogP contribution in [-0.2, 0) is 11.3 Å². The van der Waals surface area contributed by atoms with Gasteiger partial charge in [0.05, 0.1) is 6.61 Å². The lowest BCUT2D eigenvalue weighted by atomic mass is 10.1. The van der Waals surface area contributed by atoms with Crippen molar-refractivity contribution < 1.29 is 4.74 Å². The maximum Gasteiger partial charge on any atom is 0.214 e. The van der Waals surface area contributed by atoms with E-state index in [9.17, 15) is 5.26 Å². The van der Waals surface area contributed by atoms with Crippen LogP contribution in [0.5, 0.6) is 0 Å². The molecule has 0 amide bonds. The molecule has 5 nitrogen and oxygen atoms in total. The predicted molar refractivity (Wildman–Crippen MR) is 76.5 cm³/mol. The number of nitrogens with zero attached hydrogens (tertiary/aromatic N) is 4. The van der Waals surface area contributed by atoms with E-state index in [1.54, 1.807) is 11.6 Å². The van der Waals surface area contributed by atoms with E-state index >= 15 is 0 Å². The molecule has 0 saturated carbocycles. The van der Waals surface area contributed by atoms with Crippen LogP contribution in [0.4, 0.5) is 0 Å². The average Bonchev–Trinajstić information content (AvgIpc) is 2.96. The first-order valence-corrected chi connectivity index (χ1v) is 6.89. The summed E-state index contributed by atoms with van der Waals surface area (Å²) in [6.07, 6.45) is 0. The summed E-state index contributed by atoms with van der Waals surface area (Å²) in [4.78, 5) is 5.24. The smallest absolute Gasteiger partial charge is 0.214 e. The number of nitriles is 1. The summed E-state index contributed by atoms with van der Waals surface area (Å²) in [7, 11) is 1.62. The van der Waals surface area contributed by atoms with Crippen molar-refractivity contribution >= 4 is 16.3 Å². The maximum absolute atomic E-state index is 9.38. The number of hydrogen-bond acceptors (Lipinski definition) is 5. The minimum Gasteiger partial charge on any atom is -0.377 e. The lowest BCUT2D eigenvalue weighted by Gasteiger charge is -1.98. The van der Waals surface area contributed by atoms with Crippen LogP contribution < -0.4 is 0 Å². The molecule has 0 spiro atoms. The van der Waals surface area contributed by atoms with Crippen molar-refractivity contribution in [3.63, 3.8) is 0 Å². The van der Waals surface area contributed by atoms with Crippen LogP contribution in [0.2, 0.25) is 0 Å². The van der Waals surface area contributed by atoms with E-state index in [-0.39, 0.29) is 0 Å². The van der Waals surface area contributed by atoms with E-state index in [4.69, 9.17) is 4.74 Å². The second-order valence-corrected chi connectivity index (χ2v) is 5.45. The van der Waals surface area contributed by atoms with Gasteiger partial charge in [0.2, 0.25) is 4.96 Å². The Kier molecular flexibility index (Phi) is 3.22. The van der Waals surface area contributed by atoms with Gasteiger partial charge in [0.25, 0.3) is 0 Å². The van der Waals surface area contributed by atoms with Crippen molar-refractivity contribution in [1.29, 1.82) is 5.26 Å². The van der Waals surface area contributed by atoms with Gasteiger partial charge < -0.3 is 4.74 Å². The minimum absolute atomic E-state index is 0.429. The van der Waals surface area contributed by atoms with Crippen LogP contribution in [-0.4, -0.2) is 21.7 Å². The van der Waals surface area contributed by atoms with Gasteiger partial charge in [0.1, 0.15) is 16.8 Å². The van der Waals surface area contributed by atoms with Crippen LogP contribution in [0, 0.1) is 18.3 Å². The molecule has 20 heavy (non-hydrogen) atoms. The van der Waals surface area contributed by atoms with Crippen molar-refractivity contribution in [3.05, 3.63) is 40.5 Å². The number of imidazole rings is 1. The first-order valence-electron chi connectivity index (χ1n) is 6.07. The molecule has 0 aliphatic heterocycles. The number of aryl methyl sites for hydroxylation is 1. The molecule has 100 valence electrons. The van der Waals surface area contributed by atoms with E-state index < -0.39 is 0 Å². The molecule has 6 heteroatoms. The van der Waals surface area contributed by atoms with Crippen molar-refractivity contribution in [2.24, 2.45) is 0 Å². The molecule has 0 N–H and O–H groups in total. The predicted octanol–water partition coefficient (Wildman–Crippen LogP) is 2.78. The Morgan fingerprint density at radius 1 is 1.35 bits per heavy atom. The van der Waals surface area contributed by atoms with Crippen molar-refractivity contribution in [3.8, 4) is 17.3 Å². The fraction of sp³-hybridized carbons (Fsp3) is 0.214. The molecule has 0 aliphatic rings. The molecule has 1 aromatic carbocycles. The van der Waals surface area contributed by atoms with Gasteiger partial charge in [-0.3, -0.25) is 0 Å². The highest BCUT2D eigenvalue weighted by Crippen LogP contribution is 2.26. The van der Waals surface area contributed by atoms with E-state index in [2.05, 4.69) is 16.2 Å². The Morgan fingerprint density at radius 2 is 2.10 bits per heavy atom. The normalized spacial score (nSPS) is 10.8. The quantitative estimate of drug-likeness (QED) is 0.742. The van der Waals surface area contributed by atoms with E-state index in [1.165, 1.54) is 16.9 Å². The topological polar surface area (TPSA) is 63.2 Å². The summed E-state index contributed by atoms with van der Waals surface area (Å²) in [6.45, 7) is 2.46. The monoisotopic (exact) mass is 284 g/mol. The standard InChI is InChI=1S/C14H12N4OS/c1-9-3-5-10(6-4-9)13-11(7-15)18-14(16-13)20-12(17-18)8-19-2/h3-6H,8H2,1-2H3. The van der Waals surface area contributed by atoms with Crippen LogP contribution in [0.15, 0.2) is 24.3 Å². The lowest BCUT2D eigenvalue weighted by Crippen LogP contribution is -1.93. The van der Waals surface area contributed by atoms with Gasteiger partial charge in [-0.2, -0.15) is 14.9 Å². The Bertz CT molecular complexity index is 795. The Balaban J connectivity index is 2.14. The average molecular weight is 284 g/mol. The second kappa shape index (κ2) is 5.04. The van der Waals surface area contributed by atoms with Crippen molar-refractivity contribution in [1.82, 2.24) is 14.6 Å². The summed E-state index contributed by atoms with van der Waals surface area (Å²) in [5, 5.41) is 14.6. The largest absolute Gasteiger partial charge is 0.377 e. The maximum atomic E-state index is 9.38. The number of aromatic nitrogens is 3. The Labute approximate surface area is 120 Å².